The van der Waals surface area contributed by atoms with E-state index in [9.17, 15) is 4.79 Å². The van der Waals surface area contributed by atoms with E-state index in [2.05, 4.69) is 17.0 Å². The lowest BCUT2D eigenvalue weighted by Crippen LogP contribution is -2.20. The van der Waals surface area contributed by atoms with Crippen LogP contribution in [0.15, 0.2) is 41.6 Å². The van der Waals surface area contributed by atoms with Gasteiger partial charge in [-0.05, 0) is 25.5 Å². The molecule has 0 spiro atoms. The molecule has 5 heteroatoms. The second-order valence-electron chi connectivity index (χ2n) is 5.23. The summed E-state index contributed by atoms with van der Waals surface area (Å²) < 4.78 is 3.37. The Morgan fingerprint density at radius 2 is 1.95 bits per heavy atom. The van der Waals surface area contributed by atoms with Crippen molar-refractivity contribution < 1.29 is 0 Å². The molecular formula is C16H18N4O. The number of aryl methyl sites for hydroxylation is 2. The van der Waals surface area contributed by atoms with E-state index < -0.39 is 0 Å². The van der Waals surface area contributed by atoms with Gasteiger partial charge in [0.05, 0.1) is 18.2 Å². The number of aromatic nitrogens is 4. The first-order valence-electron chi connectivity index (χ1n) is 7.21. The highest BCUT2D eigenvalue weighted by molar-refractivity contribution is 5.74. The van der Waals surface area contributed by atoms with Crippen LogP contribution in [-0.2, 0) is 6.54 Å². The average Bonchev–Trinajstić information content (AvgIpc) is 2.92. The average molecular weight is 282 g/mol. The van der Waals surface area contributed by atoms with E-state index in [-0.39, 0.29) is 5.56 Å². The fraction of sp³-hybridized carbons (Fsp3) is 0.312. The quantitative estimate of drug-likeness (QED) is 0.739. The smallest absolute Gasteiger partial charge is 0.264 e. The van der Waals surface area contributed by atoms with E-state index in [4.69, 9.17) is 0 Å². The number of nitrogens with zero attached hydrogens (tertiary/aromatic N) is 4. The molecule has 5 nitrogen and oxygen atoms in total. The monoisotopic (exact) mass is 282 g/mol. The normalized spacial score (nSPS) is 11.1. The number of unbranched alkanes of at least 4 members (excludes halogenated alkanes) is 1. The maximum atomic E-state index is 12.4. The van der Waals surface area contributed by atoms with Gasteiger partial charge in [-0.1, -0.05) is 31.0 Å². The second-order valence-corrected chi connectivity index (χ2v) is 5.23. The van der Waals surface area contributed by atoms with Gasteiger partial charge in [0.15, 0.2) is 5.65 Å². The van der Waals surface area contributed by atoms with E-state index in [0.29, 0.717) is 17.6 Å². The van der Waals surface area contributed by atoms with Crippen LogP contribution in [0.2, 0.25) is 0 Å². The summed E-state index contributed by atoms with van der Waals surface area (Å²) in [5.74, 6) is 0. The van der Waals surface area contributed by atoms with E-state index in [1.165, 1.54) is 5.56 Å². The molecule has 0 fully saturated rings. The molecule has 0 atom stereocenters. The highest BCUT2D eigenvalue weighted by Crippen LogP contribution is 2.14. The van der Waals surface area contributed by atoms with E-state index in [0.717, 1.165) is 18.5 Å². The Morgan fingerprint density at radius 3 is 2.67 bits per heavy atom. The number of rotatable bonds is 4. The van der Waals surface area contributed by atoms with Crippen LogP contribution in [0.3, 0.4) is 0 Å². The highest BCUT2D eigenvalue weighted by Gasteiger charge is 2.11. The lowest BCUT2D eigenvalue weighted by molar-refractivity contribution is 0.608. The van der Waals surface area contributed by atoms with Gasteiger partial charge in [0.25, 0.3) is 5.56 Å². The largest absolute Gasteiger partial charge is 0.299 e. The molecule has 21 heavy (non-hydrogen) atoms. The highest BCUT2D eigenvalue weighted by atomic mass is 16.1. The summed E-state index contributed by atoms with van der Waals surface area (Å²) in [6.07, 6.45) is 5.24. The fourth-order valence-electron chi connectivity index (χ4n) is 2.31. The number of benzene rings is 1. The third-order valence-electron chi connectivity index (χ3n) is 3.59. The summed E-state index contributed by atoms with van der Waals surface area (Å²) in [6.45, 7) is 4.84. The number of fused-ring (bicyclic) bond motifs is 1. The summed E-state index contributed by atoms with van der Waals surface area (Å²) >= 11 is 0. The summed E-state index contributed by atoms with van der Waals surface area (Å²) in [5.41, 5.74) is 2.68. The molecule has 1 aromatic carbocycles. The van der Waals surface area contributed by atoms with Gasteiger partial charge in [0.1, 0.15) is 5.39 Å². The predicted molar refractivity (Wildman–Crippen MR) is 82.8 cm³/mol. The van der Waals surface area contributed by atoms with Crippen LogP contribution in [0, 0.1) is 6.92 Å². The molecule has 0 aliphatic heterocycles. The van der Waals surface area contributed by atoms with Crippen LogP contribution >= 0.6 is 0 Å². The first-order chi connectivity index (χ1) is 10.2. The van der Waals surface area contributed by atoms with Gasteiger partial charge in [-0.2, -0.15) is 5.10 Å². The maximum Gasteiger partial charge on any atom is 0.264 e. The zero-order chi connectivity index (χ0) is 14.8. The minimum atomic E-state index is -0.0215. The van der Waals surface area contributed by atoms with Crippen molar-refractivity contribution in [3.8, 4) is 5.69 Å². The standard InChI is InChI=1S/C16H18N4O/c1-3-4-9-19-11-17-15-14(16(19)21)10-18-20(15)13-7-5-12(2)6-8-13/h5-8,10-11H,3-4,9H2,1-2H3. The van der Waals surface area contributed by atoms with Crippen molar-refractivity contribution in [2.24, 2.45) is 0 Å². The van der Waals surface area contributed by atoms with Crippen LogP contribution in [-0.4, -0.2) is 19.3 Å². The van der Waals surface area contributed by atoms with Gasteiger partial charge in [-0.15, -0.1) is 0 Å². The summed E-state index contributed by atoms with van der Waals surface area (Å²) in [5, 5.41) is 4.88. The molecular weight excluding hydrogens is 264 g/mol. The van der Waals surface area contributed by atoms with Gasteiger partial charge in [0.2, 0.25) is 0 Å². The molecule has 0 amide bonds. The Morgan fingerprint density at radius 1 is 1.19 bits per heavy atom. The van der Waals surface area contributed by atoms with Gasteiger partial charge in [-0.25, -0.2) is 9.67 Å². The molecule has 0 saturated carbocycles. The zero-order valence-electron chi connectivity index (χ0n) is 12.3. The van der Waals surface area contributed by atoms with Crippen LogP contribution in [0.5, 0.6) is 0 Å². The molecule has 2 aromatic heterocycles. The van der Waals surface area contributed by atoms with Crippen molar-refractivity contribution in [2.45, 2.75) is 33.2 Å². The van der Waals surface area contributed by atoms with Crippen molar-refractivity contribution in [3.63, 3.8) is 0 Å². The Bertz CT molecular complexity index is 814. The molecule has 0 bridgehead atoms. The molecule has 0 unspecified atom stereocenters. The van der Waals surface area contributed by atoms with Crippen LogP contribution in [0.4, 0.5) is 0 Å². The number of hydrogen-bond donors (Lipinski definition) is 0. The summed E-state index contributed by atoms with van der Waals surface area (Å²) in [7, 11) is 0. The van der Waals surface area contributed by atoms with Gasteiger partial charge >= 0.3 is 0 Å². The Kier molecular flexibility index (Phi) is 3.56. The van der Waals surface area contributed by atoms with Crippen LogP contribution in [0.25, 0.3) is 16.7 Å². The summed E-state index contributed by atoms with van der Waals surface area (Å²) in [6, 6.07) is 7.99. The molecule has 108 valence electrons. The Labute approximate surface area is 122 Å². The van der Waals surface area contributed by atoms with E-state index >= 15 is 0 Å². The van der Waals surface area contributed by atoms with Crippen molar-refractivity contribution in [2.75, 3.05) is 0 Å². The van der Waals surface area contributed by atoms with Gasteiger partial charge < -0.3 is 0 Å². The molecule has 0 N–H and O–H groups in total. The van der Waals surface area contributed by atoms with E-state index in [1.54, 1.807) is 21.8 Å². The SMILES string of the molecule is CCCCn1cnc2c(cnn2-c2ccc(C)cc2)c1=O. The zero-order valence-corrected chi connectivity index (χ0v) is 12.3. The van der Waals surface area contributed by atoms with E-state index in [1.807, 2.05) is 31.2 Å². The van der Waals surface area contributed by atoms with Crippen LogP contribution < -0.4 is 5.56 Å². The molecule has 3 rings (SSSR count). The lowest BCUT2D eigenvalue weighted by Gasteiger charge is -2.05. The van der Waals surface area contributed by atoms with Gasteiger partial charge in [0, 0.05) is 6.54 Å². The molecule has 0 aliphatic carbocycles. The first-order valence-corrected chi connectivity index (χ1v) is 7.21. The number of hydrogen-bond acceptors (Lipinski definition) is 3. The summed E-state index contributed by atoms with van der Waals surface area (Å²) in [4.78, 5) is 16.8. The fourth-order valence-corrected chi connectivity index (χ4v) is 2.31. The third kappa shape index (κ3) is 2.46. The van der Waals surface area contributed by atoms with Crippen molar-refractivity contribution in [1.82, 2.24) is 19.3 Å². The Hall–Kier alpha value is -2.43. The van der Waals surface area contributed by atoms with Crippen LogP contribution in [0.1, 0.15) is 25.3 Å². The van der Waals surface area contributed by atoms with Gasteiger partial charge in [-0.3, -0.25) is 9.36 Å². The predicted octanol–water partition coefficient (Wildman–Crippen LogP) is 2.69. The maximum absolute atomic E-state index is 12.4. The van der Waals surface area contributed by atoms with Crippen molar-refractivity contribution in [1.29, 1.82) is 0 Å². The minimum absolute atomic E-state index is 0.0215. The first kappa shape index (κ1) is 13.5. The topological polar surface area (TPSA) is 52.7 Å². The molecule has 0 radical (unpaired) electrons. The second kappa shape index (κ2) is 5.52. The third-order valence-corrected chi connectivity index (χ3v) is 3.59. The van der Waals surface area contributed by atoms with Crippen molar-refractivity contribution >= 4 is 11.0 Å². The molecule has 0 aliphatic rings. The molecule has 3 aromatic rings. The minimum Gasteiger partial charge on any atom is -0.299 e. The molecule has 2 heterocycles. The molecule has 0 saturated heterocycles. The lowest BCUT2D eigenvalue weighted by atomic mass is 10.2. The van der Waals surface area contributed by atoms with Crippen molar-refractivity contribution in [3.05, 3.63) is 52.7 Å². The Balaban J connectivity index is 2.09.